The fourth-order valence-electron chi connectivity index (χ4n) is 2.53. The number of hydrogen-bond donors (Lipinski definition) is 3. The highest BCUT2D eigenvalue weighted by Crippen LogP contribution is 2.25. The van der Waals surface area contributed by atoms with Gasteiger partial charge in [0.1, 0.15) is 5.69 Å². The Morgan fingerprint density at radius 3 is 2.61 bits per heavy atom. The Morgan fingerprint density at radius 1 is 1.14 bits per heavy atom. The van der Waals surface area contributed by atoms with Gasteiger partial charge in [0.25, 0.3) is 11.6 Å². The molecular weight excluding hydrogens is 364 g/mol. The zero-order valence-corrected chi connectivity index (χ0v) is 15.0. The summed E-state index contributed by atoms with van der Waals surface area (Å²) in [5.74, 6) is 0.0709. The van der Waals surface area contributed by atoms with Crippen molar-refractivity contribution in [2.24, 2.45) is 0 Å². The van der Waals surface area contributed by atoms with Gasteiger partial charge in [-0.25, -0.2) is 0 Å². The van der Waals surface area contributed by atoms with E-state index in [-0.39, 0.29) is 17.2 Å². The maximum Gasteiger partial charge on any atom is 0.293 e. The van der Waals surface area contributed by atoms with Gasteiger partial charge in [0.15, 0.2) is 0 Å². The standard InChI is InChI=1S/C17H18N8O3/c1-18-16(26)12-7-8-14(15(11-12)25(27)28)19-9-10-20-17-21-22-23-24(17)13-5-3-2-4-6-13/h2-8,11,19H,9-10H2,1H3,(H,18,26)(H,20,21,23). The van der Waals surface area contributed by atoms with Crippen LogP contribution in [0.3, 0.4) is 0 Å². The van der Waals surface area contributed by atoms with Gasteiger partial charge in [-0.2, -0.15) is 4.68 Å². The van der Waals surface area contributed by atoms with Gasteiger partial charge in [-0.3, -0.25) is 14.9 Å². The van der Waals surface area contributed by atoms with Crippen LogP contribution in [-0.4, -0.2) is 51.2 Å². The van der Waals surface area contributed by atoms with Crippen molar-refractivity contribution in [2.75, 3.05) is 30.8 Å². The average molecular weight is 382 g/mol. The van der Waals surface area contributed by atoms with Crippen molar-refractivity contribution in [3.05, 3.63) is 64.2 Å². The van der Waals surface area contributed by atoms with Gasteiger partial charge in [0.05, 0.1) is 10.6 Å². The summed E-state index contributed by atoms with van der Waals surface area (Å²) in [5, 5.41) is 31.3. The molecule has 0 fully saturated rings. The monoisotopic (exact) mass is 382 g/mol. The SMILES string of the molecule is CNC(=O)c1ccc(NCCNc2nnnn2-c2ccccc2)c([N+](=O)[O-])c1. The molecule has 28 heavy (non-hydrogen) atoms. The highest BCUT2D eigenvalue weighted by molar-refractivity contribution is 5.95. The van der Waals surface area contributed by atoms with E-state index in [9.17, 15) is 14.9 Å². The molecule has 0 saturated carbocycles. The maximum absolute atomic E-state index is 11.7. The van der Waals surface area contributed by atoms with Crippen molar-refractivity contribution in [2.45, 2.75) is 0 Å². The molecule has 3 aromatic rings. The summed E-state index contributed by atoms with van der Waals surface area (Å²) >= 11 is 0. The molecule has 0 spiro atoms. The Balaban J connectivity index is 1.63. The van der Waals surface area contributed by atoms with Crippen LogP contribution in [-0.2, 0) is 0 Å². The van der Waals surface area contributed by atoms with Crippen molar-refractivity contribution < 1.29 is 9.72 Å². The molecule has 1 heterocycles. The van der Waals surface area contributed by atoms with E-state index < -0.39 is 4.92 Å². The predicted octanol–water partition coefficient (Wildman–Crippen LogP) is 1.45. The number of nitrogens with one attached hydrogen (secondary N) is 3. The molecule has 144 valence electrons. The topological polar surface area (TPSA) is 140 Å². The number of para-hydroxylation sites is 1. The Hall–Kier alpha value is -4.02. The van der Waals surface area contributed by atoms with E-state index in [2.05, 4.69) is 31.5 Å². The summed E-state index contributed by atoms with van der Waals surface area (Å²) in [5.41, 5.74) is 1.18. The van der Waals surface area contributed by atoms with E-state index in [1.165, 1.54) is 25.2 Å². The third kappa shape index (κ3) is 4.20. The Kier molecular flexibility index (Phi) is 5.75. The number of aromatic nitrogens is 4. The van der Waals surface area contributed by atoms with Gasteiger partial charge >= 0.3 is 0 Å². The summed E-state index contributed by atoms with van der Waals surface area (Å²) in [4.78, 5) is 22.4. The third-order valence-electron chi connectivity index (χ3n) is 3.88. The number of carbonyl (C=O) groups is 1. The molecule has 0 aliphatic heterocycles. The fourth-order valence-corrected chi connectivity index (χ4v) is 2.53. The van der Waals surface area contributed by atoms with Gasteiger partial charge < -0.3 is 16.0 Å². The molecule has 1 aromatic heterocycles. The van der Waals surface area contributed by atoms with Crippen LogP contribution in [0, 0.1) is 10.1 Å². The van der Waals surface area contributed by atoms with Crippen LogP contribution in [0.5, 0.6) is 0 Å². The summed E-state index contributed by atoms with van der Waals surface area (Å²) in [6, 6.07) is 13.7. The summed E-state index contributed by atoms with van der Waals surface area (Å²) in [6.45, 7) is 0.795. The van der Waals surface area contributed by atoms with Crippen LogP contribution in [0.4, 0.5) is 17.3 Å². The molecule has 0 saturated heterocycles. The molecule has 3 rings (SSSR count). The first kappa shape index (κ1) is 18.8. The Bertz CT molecular complexity index is 974. The second-order valence-corrected chi connectivity index (χ2v) is 5.67. The van der Waals surface area contributed by atoms with Crippen LogP contribution in [0.2, 0.25) is 0 Å². The number of hydrogen-bond acceptors (Lipinski definition) is 8. The number of amides is 1. The number of benzene rings is 2. The van der Waals surface area contributed by atoms with Crippen LogP contribution < -0.4 is 16.0 Å². The number of nitro benzene ring substituents is 1. The van der Waals surface area contributed by atoms with Crippen LogP contribution >= 0.6 is 0 Å². The minimum absolute atomic E-state index is 0.171. The van der Waals surface area contributed by atoms with Crippen molar-refractivity contribution in [1.82, 2.24) is 25.5 Å². The molecule has 0 aliphatic rings. The van der Waals surface area contributed by atoms with Gasteiger partial charge in [0.2, 0.25) is 5.95 Å². The van der Waals surface area contributed by atoms with E-state index in [1.807, 2.05) is 30.3 Å². The van der Waals surface area contributed by atoms with E-state index in [0.717, 1.165) is 5.69 Å². The normalized spacial score (nSPS) is 10.3. The van der Waals surface area contributed by atoms with Crippen LogP contribution in [0.1, 0.15) is 10.4 Å². The molecule has 3 N–H and O–H groups in total. The molecule has 1 amide bonds. The average Bonchev–Trinajstić information content (AvgIpc) is 3.19. The van der Waals surface area contributed by atoms with Crippen LogP contribution in [0.15, 0.2) is 48.5 Å². The fraction of sp³-hybridized carbons (Fsp3) is 0.176. The minimum atomic E-state index is -0.530. The van der Waals surface area contributed by atoms with Gasteiger partial charge in [-0.1, -0.05) is 23.3 Å². The number of anilines is 2. The highest BCUT2D eigenvalue weighted by atomic mass is 16.6. The molecule has 2 aromatic carbocycles. The second-order valence-electron chi connectivity index (χ2n) is 5.67. The molecule has 0 bridgehead atoms. The quantitative estimate of drug-likeness (QED) is 0.302. The maximum atomic E-state index is 11.7. The van der Waals surface area contributed by atoms with Gasteiger partial charge in [-0.15, -0.1) is 0 Å². The van der Waals surface area contributed by atoms with Crippen molar-refractivity contribution in [3.63, 3.8) is 0 Å². The summed E-state index contributed by atoms with van der Waals surface area (Å²) in [6.07, 6.45) is 0. The lowest BCUT2D eigenvalue weighted by molar-refractivity contribution is -0.384. The molecule has 0 aliphatic carbocycles. The Morgan fingerprint density at radius 2 is 1.89 bits per heavy atom. The number of carbonyl (C=O) groups excluding carboxylic acids is 1. The van der Waals surface area contributed by atoms with Gasteiger partial charge in [-0.05, 0) is 34.7 Å². The molecular formula is C17H18N8O3. The van der Waals surface area contributed by atoms with Crippen molar-refractivity contribution in [1.29, 1.82) is 0 Å². The smallest absolute Gasteiger partial charge is 0.293 e. The lowest BCUT2D eigenvalue weighted by Crippen LogP contribution is -2.19. The van der Waals surface area contributed by atoms with Gasteiger partial charge in [0, 0.05) is 31.8 Å². The first-order chi connectivity index (χ1) is 13.6. The lowest BCUT2D eigenvalue weighted by Gasteiger charge is -2.10. The van der Waals surface area contributed by atoms with E-state index in [4.69, 9.17) is 0 Å². The first-order valence-corrected chi connectivity index (χ1v) is 8.42. The highest BCUT2D eigenvalue weighted by Gasteiger charge is 2.17. The van der Waals surface area contributed by atoms with Crippen molar-refractivity contribution >= 4 is 23.2 Å². The van der Waals surface area contributed by atoms with Crippen molar-refractivity contribution in [3.8, 4) is 5.69 Å². The minimum Gasteiger partial charge on any atom is -0.378 e. The zero-order chi connectivity index (χ0) is 19.9. The number of tetrazole rings is 1. The van der Waals surface area contributed by atoms with E-state index in [1.54, 1.807) is 4.68 Å². The van der Waals surface area contributed by atoms with Crippen LogP contribution in [0.25, 0.3) is 5.69 Å². The second kappa shape index (κ2) is 8.58. The largest absolute Gasteiger partial charge is 0.378 e. The predicted molar refractivity (Wildman–Crippen MR) is 103 cm³/mol. The summed E-state index contributed by atoms with van der Waals surface area (Å²) in [7, 11) is 1.47. The Labute approximate surface area is 159 Å². The molecule has 11 nitrogen and oxygen atoms in total. The number of rotatable bonds is 8. The zero-order valence-electron chi connectivity index (χ0n) is 15.0. The number of nitro groups is 1. The molecule has 0 atom stereocenters. The molecule has 0 unspecified atom stereocenters. The lowest BCUT2D eigenvalue weighted by atomic mass is 10.1. The first-order valence-electron chi connectivity index (χ1n) is 8.42. The van der Waals surface area contributed by atoms with E-state index >= 15 is 0 Å². The number of nitrogens with zero attached hydrogens (tertiary/aromatic N) is 5. The molecule has 11 heteroatoms. The molecule has 0 radical (unpaired) electrons. The summed E-state index contributed by atoms with van der Waals surface area (Å²) < 4.78 is 1.56. The third-order valence-corrected chi connectivity index (χ3v) is 3.88. The van der Waals surface area contributed by atoms with E-state index in [0.29, 0.717) is 24.7 Å².